The highest BCUT2D eigenvalue weighted by Gasteiger charge is 2.37. The van der Waals surface area contributed by atoms with E-state index in [1.807, 2.05) is 17.0 Å². The van der Waals surface area contributed by atoms with Crippen LogP contribution in [-0.4, -0.2) is 57.2 Å². The Bertz CT molecular complexity index is 1100. The Morgan fingerprint density at radius 2 is 1.85 bits per heavy atom. The molecular weight excluding hydrogens is 456 g/mol. The van der Waals surface area contributed by atoms with E-state index in [1.54, 1.807) is 24.3 Å². The zero-order chi connectivity index (χ0) is 24.3. The van der Waals surface area contributed by atoms with Crippen LogP contribution in [0.25, 0.3) is 0 Å². The van der Waals surface area contributed by atoms with Crippen molar-refractivity contribution >= 4 is 30.2 Å². The Labute approximate surface area is 197 Å². The minimum absolute atomic E-state index is 0.0849. The number of nitrogens with zero attached hydrogens (tertiary/aromatic N) is 5. The van der Waals surface area contributed by atoms with E-state index in [0.717, 1.165) is 5.82 Å². The molecule has 0 bridgehead atoms. The molecular formula is C22H32N6O3SSi. The Balaban J connectivity index is 1.59. The van der Waals surface area contributed by atoms with Gasteiger partial charge in [0, 0.05) is 32.4 Å². The van der Waals surface area contributed by atoms with Crippen LogP contribution in [0.15, 0.2) is 36.5 Å². The van der Waals surface area contributed by atoms with Crippen molar-refractivity contribution in [3.8, 4) is 6.07 Å². The van der Waals surface area contributed by atoms with Crippen molar-refractivity contribution in [3.05, 3.63) is 47.8 Å². The van der Waals surface area contributed by atoms with Crippen LogP contribution in [-0.2, 0) is 21.2 Å². The van der Waals surface area contributed by atoms with Crippen molar-refractivity contribution in [2.45, 2.75) is 45.5 Å². The van der Waals surface area contributed by atoms with E-state index in [2.05, 4.69) is 48.6 Å². The Morgan fingerprint density at radius 1 is 1.15 bits per heavy atom. The molecule has 0 unspecified atom stereocenters. The van der Waals surface area contributed by atoms with E-state index < -0.39 is 18.5 Å². The minimum Gasteiger partial charge on any atom is -0.411 e. The molecule has 1 aliphatic heterocycles. The molecule has 0 radical (unpaired) electrons. The van der Waals surface area contributed by atoms with Crippen LogP contribution in [0.4, 0.5) is 11.6 Å². The van der Waals surface area contributed by atoms with Gasteiger partial charge in [-0.1, -0.05) is 26.8 Å². The molecule has 3 heterocycles. The lowest BCUT2D eigenvalue weighted by molar-refractivity contribution is 0.272. The van der Waals surface area contributed by atoms with Crippen LogP contribution >= 0.6 is 0 Å². The van der Waals surface area contributed by atoms with Gasteiger partial charge in [0.2, 0.25) is 0 Å². The number of rotatable bonds is 7. The number of nitrogens with one attached hydrogen (secondary N) is 1. The van der Waals surface area contributed by atoms with Crippen LogP contribution in [0, 0.1) is 11.3 Å². The summed E-state index contributed by atoms with van der Waals surface area (Å²) in [5.74, 6) is 1.01. The predicted molar refractivity (Wildman–Crippen MR) is 132 cm³/mol. The monoisotopic (exact) mass is 488 g/mol. The van der Waals surface area contributed by atoms with E-state index in [1.165, 1.54) is 10.5 Å². The molecule has 11 heteroatoms. The van der Waals surface area contributed by atoms with Crippen LogP contribution in [0.1, 0.15) is 32.0 Å². The van der Waals surface area contributed by atoms with Crippen LogP contribution in [0.5, 0.6) is 0 Å². The van der Waals surface area contributed by atoms with Gasteiger partial charge in [-0.05, 0) is 42.4 Å². The zero-order valence-electron chi connectivity index (χ0n) is 19.9. The van der Waals surface area contributed by atoms with E-state index >= 15 is 0 Å². The molecule has 3 rings (SSSR count). The standard InChI is InChI=1S/C22H32N6O3SSi/c1-22(2,3)33(4,5)31-17-19-7-6-8-20(25-19)26-32(29,30)28-13-11-27(12-14-28)21-10-9-18(15-23)16-24-21/h6-10,16H,11-14,17H2,1-5H3,(H,25,26). The molecule has 33 heavy (non-hydrogen) atoms. The molecule has 1 aliphatic rings. The normalized spacial score (nSPS) is 15.8. The molecule has 1 fully saturated rings. The first-order valence-electron chi connectivity index (χ1n) is 10.9. The maximum absolute atomic E-state index is 12.9. The summed E-state index contributed by atoms with van der Waals surface area (Å²) in [7, 11) is -5.67. The maximum Gasteiger partial charge on any atom is 0.302 e. The highest BCUT2D eigenvalue weighted by molar-refractivity contribution is 7.90. The minimum atomic E-state index is -3.74. The van der Waals surface area contributed by atoms with Gasteiger partial charge in [0.1, 0.15) is 17.7 Å². The summed E-state index contributed by atoms with van der Waals surface area (Å²) in [4.78, 5) is 10.7. The van der Waals surface area contributed by atoms with Gasteiger partial charge in [0.25, 0.3) is 0 Å². The SMILES string of the molecule is CC(C)(C)[Si](C)(C)OCc1cccc(NS(=O)(=O)N2CCN(c3ccc(C#N)cn3)CC2)n1. The highest BCUT2D eigenvalue weighted by Crippen LogP contribution is 2.37. The molecule has 0 spiro atoms. The number of nitriles is 1. The second-order valence-electron chi connectivity index (χ2n) is 9.57. The van der Waals surface area contributed by atoms with Gasteiger partial charge in [-0.3, -0.25) is 4.72 Å². The van der Waals surface area contributed by atoms with Gasteiger partial charge < -0.3 is 9.33 Å². The van der Waals surface area contributed by atoms with Crippen molar-refractivity contribution in [2.75, 3.05) is 35.8 Å². The average Bonchev–Trinajstić information content (AvgIpc) is 2.77. The Hall–Kier alpha value is -2.52. The van der Waals surface area contributed by atoms with Crippen molar-refractivity contribution < 1.29 is 12.8 Å². The number of hydrogen-bond acceptors (Lipinski definition) is 7. The predicted octanol–water partition coefficient (Wildman–Crippen LogP) is 3.35. The smallest absolute Gasteiger partial charge is 0.302 e. The Kier molecular flexibility index (Phi) is 7.43. The maximum atomic E-state index is 12.9. The van der Waals surface area contributed by atoms with Gasteiger partial charge in [0.05, 0.1) is 17.9 Å². The third-order valence-corrected chi connectivity index (χ3v) is 12.2. The summed E-state index contributed by atoms with van der Waals surface area (Å²) in [5.41, 5.74) is 1.19. The summed E-state index contributed by atoms with van der Waals surface area (Å²) in [6, 6.07) is 10.8. The first kappa shape index (κ1) is 25.1. The number of piperazine rings is 1. The highest BCUT2D eigenvalue weighted by atomic mass is 32.2. The average molecular weight is 489 g/mol. The van der Waals surface area contributed by atoms with Gasteiger partial charge in [-0.2, -0.15) is 18.0 Å². The van der Waals surface area contributed by atoms with Crippen molar-refractivity contribution in [2.24, 2.45) is 0 Å². The van der Waals surface area contributed by atoms with Crippen LogP contribution in [0.3, 0.4) is 0 Å². The van der Waals surface area contributed by atoms with Gasteiger partial charge in [-0.15, -0.1) is 0 Å². The molecule has 2 aromatic heterocycles. The van der Waals surface area contributed by atoms with Crippen molar-refractivity contribution in [1.82, 2.24) is 14.3 Å². The summed E-state index contributed by atoms with van der Waals surface area (Å²) in [5, 5.41) is 8.99. The van der Waals surface area contributed by atoms with E-state index in [9.17, 15) is 8.42 Å². The summed E-state index contributed by atoms with van der Waals surface area (Å²) in [6.45, 7) is 12.9. The van der Waals surface area contributed by atoms with Gasteiger partial charge in [-0.25, -0.2) is 9.97 Å². The zero-order valence-corrected chi connectivity index (χ0v) is 21.7. The fraction of sp³-hybridized carbons (Fsp3) is 0.500. The quantitative estimate of drug-likeness (QED) is 0.595. The van der Waals surface area contributed by atoms with Crippen molar-refractivity contribution in [3.63, 3.8) is 0 Å². The Morgan fingerprint density at radius 3 is 2.42 bits per heavy atom. The molecule has 9 nitrogen and oxygen atoms in total. The third kappa shape index (κ3) is 6.29. The topological polar surface area (TPSA) is 111 Å². The van der Waals surface area contributed by atoms with Gasteiger partial charge in [0.15, 0.2) is 8.32 Å². The van der Waals surface area contributed by atoms with E-state index in [-0.39, 0.29) is 10.9 Å². The van der Waals surface area contributed by atoms with Crippen LogP contribution < -0.4 is 9.62 Å². The largest absolute Gasteiger partial charge is 0.411 e. The molecule has 0 aromatic carbocycles. The summed E-state index contributed by atoms with van der Waals surface area (Å²) in [6.07, 6.45) is 1.52. The number of hydrogen-bond donors (Lipinski definition) is 1. The van der Waals surface area contributed by atoms with E-state index in [4.69, 9.17) is 9.69 Å². The fourth-order valence-corrected chi connectivity index (χ4v) is 5.17. The molecule has 0 amide bonds. The third-order valence-electron chi connectivity index (χ3n) is 6.21. The second kappa shape index (κ2) is 9.76. The molecule has 1 saturated heterocycles. The lowest BCUT2D eigenvalue weighted by atomic mass is 10.2. The molecule has 0 atom stereocenters. The summed E-state index contributed by atoms with van der Waals surface area (Å²) < 4.78 is 36.1. The molecule has 178 valence electrons. The van der Waals surface area contributed by atoms with Crippen molar-refractivity contribution in [1.29, 1.82) is 5.26 Å². The first-order chi connectivity index (χ1) is 15.4. The molecule has 2 aromatic rings. The van der Waals surface area contributed by atoms with Gasteiger partial charge >= 0.3 is 10.2 Å². The lowest BCUT2D eigenvalue weighted by Crippen LogP contribution is -2.50. The second-order valence-corrected chi connectivity index (χ2v) is 16.1. The number of anilines is 2. The van der Waals surface area contributed by atoms with E-state index in [0.29, 0.717) is 44.0 Å². The fourth-order valence-electron chi connectivity index (χ4n) is 3.08. The molecule has 0 aliphatic carbocycles. The summed E-state index contributed by atoms with van der Waals surface area (Å²) >= 11 is 0. The van der Waals surface area contributed by atoms with Crippen LogP contribution in [0.2, 0.25) is 18.1 Å². The number of aromatic nitrogens is 2. The lowest BCUT2D eigenvalue weighted by Gasteiger charge is -2.36. The molecule has 0 saturated carbocycles. The molecule has 1 N–H and O–H groups in total. The first-order valence-corrected chi connectivity index (χ1v) is 15.2. The number of pyridine rings is 2.